The van der Waals surface area contributed by atoms with Crippen molar-refractivity contribution in [1.29, 1.82) is 0 Å². The van der Waals surface area contributed by atoms with E-state index in [0.29, 0.717) is 12.8 Å². The maximum Gasteiger partial charge on any atom is 0.119 e. The number of hydrogen-bond donors (Lipinski definition) is 2. The van der Waals surface area contributed by atoms with Gasteiger partial charge in [-0.05, 0) is 51.4 Å². The predicted molar refractivity (Wildman–Crippen MR) is 58.1 cm³/mol. The summed E-state index contributed by atoms with van der Waals surface area (Å²) >= 11 is 0. The molecule has 1 aliphatic heterocycles. The molecular weight excluding hydrogens is 193 g/mol. The molecule has 1 fully saturated rings. The summed E-state index contributed by atoms with van der Waals surface area (Å²) in [4.78, 5) is 0. The molecule has 1 aliphatic carbocycles. The number of nitrogens with one attached hydrogen (secondary N) is 1. The number of halogens is 1. The summed E-state index contributed by atoms with van der Waals surface area (Å²) in [5.74, 6) is -0.250. The van der Waals surface area contributed by atoms with E-state index in [9.17, 15) is 9.50 Å². The van der Waals surface area contributed by atoms with Crippen LogP contribution in [0.25, 0.3) is 0 Å². The first-order valence-electron chi connectivity index (χ1n) is 5.58. The topological polar surface area (TPSA) is 32.3 Å². The van der Waals surface area contributed by atoms with Crippen LogP contribution in [-0.4, -0.2) is 23.8 Å². The van der Waals surface area contributed by atoms with E-state index >= 15 is 0 Å². The SMILES string of the molecule is CC1=CC(F)=CC(C2(O)CCNCC2)C1. The van der Waals surface area contributed by atoms with Gasteiger partial charge in [0.1, 0.15) is 5.83 Å². The predicted octanol–water partition coefficient (Wildman–Crippen LogP) is 1.92. The third-order valence-corrected chi connectivity index (χ3v) is 3.45. The van der Waals surface area contributed by atoms with Gasteiger partial charge in [0, 0.05) is 5.92 Å². The van der Waals surface area contributed by atoms with Crippen LogP contribution < -0.4 is 5.32 Å². The van der Waals surface area contributed by atoms with Gasteiger partial charge in [0.2, 0.25) is 0 Å². The van der Waals surface area contributed by atoms with E-state index in [0.717, 1.165) is 25.1 Å². The van der Waals surface area contributed by atoms with Crippen LogP contribution in [0.1, 0.15) is 26.2 Å². The number of allylic oxidation sites excluding steroid dienone is 3. The van der Waals surface area contributed by atoms with E-state index in [-0.39, 0.29) is 11.7 Å². The molecule has 0 radical (unpaired) electrons. The Morgan fingerprint density at radius 2 is 2.13 bits per heavy atom. The van der Waals surface area contributed by atoms with E-state index in [1.165, 1.54) is 0 Å². The minimum absolute atomic E-state index is 0.0513. The summed E-state index contributed by atoms with van der Waals surface area (Å²) in [7, 11) is 0. The van der Waals surface area contributed by atoms with Crippen LogP contribution in [0.5, 0.6) is 0 Å². The second-order valence-electron chi connectivity index (χ2n) is 4.71. The van der Waals surface area contributed by atoms with Crippen LogP contribution in [0.2, 0.25) is 0 Å². The monoisotopic (exact) mass is 211 g/mol. The smallest absolute Gasteiger partial charge is 0.119 e. The quantitative estimate of drug-likeness (QED) is 0.694. The minimum atomic E-state index is -0.710. The zero-order valence-corrected chi connectivity index (χ0v) is 9.09. The van der Waals surface area contributed by atoms with Gasteiger partial charge in [-0.2, -0.15) is 0 Å². The fraction of sp³-hybridized carbons (Fsp3) is 0.667. The highest BCUT2D eigenvalue weighted by molar-refractivity contribution is 5.25. The van der Waals surface area contributed by atoms with Crippen molar-refractivity contribution in [1.82, 2.24) is 5.32 Å². The lowest BCUT2D eigenvalue weighted by Gasteiger charge is -2.39. The Balaban J connectivity index is 2.14. The number of aliphatic hydroxyl groups is 1. The van der Waals surface area contributed by atoms with Crippen molar-refractivity contribution in [3.8, 4) is 0 Å². The molecule has 0 aromatic rings. The minimum Gasteiger partial charge on any atom is -0.389 e. The lowest BCUT2D eigenvalue weighted by molar-refractivity contribution is -0.0281. The maximum absolute atomic E-state index is 13.3. The van der Waals surface area contributed by atoms with Crippen LogP contribution in [0.3, 0.4) is 0 Å². The van der Waals surface area contributed by atoms with Crippen molar-refractivity contribution in [2.24, 2.45) is 5.92 Å². The van der Waals surface area contributed by atoms with E-state index in [1.54, 1.807) is 12.2 Å². The van der Waals surface area contributed by atoms with E-state index in [4.69, 9.17) is 0 Å². The number of rotatable bonds is 1. The Bertz CT molecular complexity index is 303. The lowest BCUT2D eigenvalue weighted by Crippen LogP contribution is -2.47. The molecule has 1 atom stereocenters. The highest BCUT2D eigenvalue weighted by atomic mass is 19.1. The molecule has 2 N–H and O–H groups in total. The highest BCUT2D eigenvalue weighted by Crippen LogP contribution is 2.36. The van der Waals surface area contributed by atoms with Crippen molar-refractivity contribution in [3.63, 3.8) is 0 Å². The standard InChI is InChI=1S/C12H18FNO/c1-9-6-10(8-11(13)7-9)12(15)2-4-14-5-3-12/h7-8,10,14-15H,2-6H2,1H3. The van der Waals surface area contributed by atoms with Crippen molar-refractivity contribution < 1.29 is 9.50 Å². The van der Waals surface area contributed by atoms with Gasteiger partial charge in [-0.1, -0.05) is 5.57 Å². The summed E-state index contributed by atoms with van der Waals surface area (Å²) in [6, 6.07) is 0. The maximum atomic E-state index is 13.3. The van der Waals surface area contributed by atoms with E-state index in [2.05, 4.69) is 5.32 Å². The van der Waals surface area contributed by atoms with Crippen LogP contribution in [0, 0.1) is 5.92 Å². The summed E-state index contributed by atoms with van der Waals surface area (Å²) in [5.41, 5.74) is 0.310. The Kier molecular flexibility index (Phi) is 2.94. The Morgan fingerprint density at radius 3 is 2.73 bits per heavy atom. The van der Waals surface area contributed by atoms with Crippen molar-refractivity contribution in [3.05, 3.63) is 23.6 Å². The molecule has 0 aromatic heterocycles. The van der Waals surface area contributed by atoms with Gasteiger partial charge < -0.3 is 10.4 Å². The molecule has 84 valence electrons. The first kappa shape index (κ1) is 10.8. The van der Waals surface area contributed by atoms with E-state index in [1.807, 2.05) is 6.92 Å². The summed E-state index contributed by atoms with van der Waals surface area (Å²) < 4.78 is 13.3. The molecule has 15 heavy (non-hydrogen) atoms. The van der Waals surface area contributed by atoms with Gasteiger partial charge >= 0.3 is 0 Å². The molecule has 0 amide bonds. The average Bonchev–Trinajstić information content (AvgIpc) is 2.17. The van der Waals surface area contributed by atoms with Gasteiger partial charge in [0.15, 0.2) is 0 Å². The molecule has 0 aromatic carbocycles. The third kappa shape index (κ3) is 2.29. The largest absolute Gasteiger partial charge is 0.389 e. The zero-order chi connectivity index (χ0) is 10.9. The normalized spacial score (nSPS) is 30.7. The molecule has 0 bridgehead atoms. The lowest BCUT2D eigenvalue weighted by atomic mass is 9.75. The number of hydrogen-bond acceptors (Lipinski definition) is 2. The number of piperidine rings is 1. The summed E-state index contributed by atoms with van der Waals surface area (Å²) in [6.07, 6.45) is 5.35. The van der Waals surface area contributed by atoms with Gasteiger partial charge in [0.05, 0.1) is 5.60 Å². The fourth-order valence-electron chi connectivity index (χ4n) is 2.52. The van der Waals surface area contributed by atoms with Crippen LogP contribution in [-0.2, 0) is 0 Å². The molecule has 2 rings (SSSR count). The summed E-state index contributed by atoms with van der Waals surface area (Å²) in [5, 5.41) is 13.7. The third-order valence-electron chi connectivity index (χ3n) is 3.45. The summed E-state index contributed by atoms with van der Waals surface area (Å²) in [6.45, 7) is 3.57. The Morgan fingerprint density at radius 1 is 1.47 bits per heavy atom. The van der Waals surface area contributed by atoms with E-state index < -0.39 is 5.60 Å². The average molecular weight is 211 g/mol. The molecular formula is C12H18FNO. The highest BCUT2D eigenvalue weighted by Gasteiger charge is 2.37. The molecule has 0 saturated carbocycles. The molecule has 1 heterocycles. The molecule has 1 saturated heterocycles. The molecule has 3 heteroatoms. The van der Waals surface area contributed by atoms with Crippen LogP contribution in [0.15, 0.2) is 23.6 Å². The Hall–Kier alpha value is -0.670. The van der Waals surface area contributed by atoms with Crippen molar-refractivity contribution >= 4 is 0 Å². The fourth-order valence-corrected chi connectivity index (χ4v) is 2.52. The Labute approximate surface area is 89.9 Å². The first-order chi connectivity index (χ1) is 7.10. The second kappa shape index (κ2) is 4.06. The second-order valence-corrected chi connectivity index (χ2v) is 4.71. The van der Waals surface area contributed by atoms with Crippen molar-refractivity contribution in [2.75, 3.05) is 13.1 Å². The van der Waals surface area contributed by atoms with Gasteiger partial charge in [-0.3, -0.25) is 0 Å². The molecule has 2 nitrogen and oxygen atoms in total. The zero-order valence-electron chi connectivity index (χ0n) is 9.09. The van der Waals surface area contributed by atoms with Gasteiger partial charge in [-0.15, -0.1) is 0 Å². The van der Waals surface area contributed by atoms with Gasteiger partial charge in [-0.25, -0.2) is 4.39 Å². The molecule has 1 unspecified atom stereocenters. The first-order valence-corrected chi connectivity index (χ1v) is 5.58. The molecule has 0 spiro atoms. The van der Waals surface area contributed by atoms with Crippen LogP contribution >= 0.6 is 0 Å². The van der Waals surface area contributed by atoms with Crippen LogP contribution in [0.4, 0.5) is 4.39 Å². The van der Waals surface area contributed by atoms with Crippen molar-refractivity contribution in [2.45, 2.75) is 31.8 Å². The molecule has 2 aliphatic rings. The van der Waals surface area contributed by atoms with Gasteiger partial charge in [0.25, 0.3) is 0 Å².